The zero-order valence-electron chi connectivity index (χ0n) is 17.4. The molecule has 0 aliphatic rings. The smallest absolute Gasteiger partial charge is 0.329 e. The molecular weight excluding hydrogens is 443 g/mol. The van der Waals surface area contributed by atoms with Gasteiger partial charge in [-0.1, -0.05) is 37.0 Å². The van der Waals surface area contributed by atoms with Crippen molar-refractivity contribution in [1.82, 2.24) is 5.32 Å². The Bertz CT molecular complexity index is 932. The van der Waals surface area contributed by atoms with Gasteiger partial charge in [0.05, 0.1) is 12.1 Å². The van der Waals surface area contributed by atoms with Crippen LogP contribution in [0.15, 0.2) is 42.5 Å². The first-order valence-electron chi connectivity index (χ1n) is 9.56. The van der Waals surface area contributed by atoms with E-state index >= 15 is 0 Å². The van der Waals surface area contributed by atoms with E-state index < -0.39 is 30.4 Å². The Balaban J connectivity index is 1.95. The van der Waals surface area contributed by atoms with Gasteiger partial charge in [-0.3, -0.25) is 9.59 Å². The van der Waals surface area contributed by atoms with Gasteiger partial charge in [0.15, 0.2) is 6.61 Å². The number of rotatable bonds is 9. The first-order valence-corrected chi connectivity index (χ1v) is 10.3. The Morgan fingerprint density at radius 2 is 1.71 bits per heavy atom. The van der Waals surface area contributed by atoms with Crippen LogP contribution in [0.25, 0.3) is 0 Å². The molecule has 2 aromatic rings. The molecule has 7 nitrogen and oxygen atoms in total. The van der Waals surface area contributed by atoms with Crippen molar-refractivity contribution >= 4 is 46.7 Å². The Labute approximate surface area is 191 Å². The summed E-state index contributed by atoms with van der Waals surface area (Å²) in [5.74, 6) is -1.09. The summed E-state index contributed by atoms with van der Waals surface area (Å²) in [5, 5.41) is 6.07. The second-order valence-electron chi connectivity index (χ2n) is 7.17. The fraction of sp³-hybridized carbons (Fsp3) is 0.318. The van der Waals surface area contributed by atoms with Crippen LogP contribution < -0.4 is 15.4 Å². The molecule has 2 N–H and O–H groups in total. The minimum atomic E-state index is -0.897. The SMILES string of the molecule is COc1ccc(NC(=O)COC(=O)C(CC(C)C)NC(=O)c2ccc(Cl)cc2)cc1Cl. The molecule has 0 saturated heterocycles. The minimum absolute atomic E-state index is 0.110. The Hall–Kier alpha value is -2.77. The average molecular weight is 467 g/mol. The van der Waals surface area contributed by atoms with Gasteiger partial charge in [0, 0.05) is 16.3 Å². The zero-order chi connectivity index (χ0) is 23.0. The number of amides is 2. The predicted octanol–water partition coefficient (Wildman–Crippen LogP) is 4.33. The van der Waals surface area contributed by atoms with Gasteiger partial charge in [-0.25, -0.2) is 4.79 Å². The predicted molar refractivity (Wildman–Crippen MR) is 120 cm³/mol. The standard InChI is InChI=1S/C22H24Cl2N2O5/c1-13(2)10-18(26-21(28)14-4-6-15(23)7-5-14)22(29)31-12-20(27)25-16-8-9-19(30-3)17(24)11-16/h4-9,11,13,18H,10,12H2,1-3H3,(H,25,27)(H,26,28). The van der Waals surface area contributed by atoms with Gasteiger partial charge in [-0.2, -0.15) is 0 Å². The highest BCUT2D eigenvalue weighted by Crippen LogP contribution is 2.27. The number of esters is 1. The summed E-state index contributed by atoms with van der Waals surface area (Å²) in [6.45, 7) is 3.32. The summed E-state index contributed by atoms with van der Waals surface area (Å²) in [7, 11) is 1.48. The summed E-state index contributed by atoms with van der Waals surface area (Å²) in [6, 6.07) is 10.1. The van der Waals surface area contributed by atoms with E-state index in [1.54, 1.807) is 36.4 Å². The van der Waals surface area contributed by atoms with Gasteiger partial charge >= 0.3 is 5.97 Å². The third kappa shape index (κ3) is 7.77. The van der Waals surface area contributed by atoms with Crippen LogP contribution in [-0.2, 0) is 14.3 Å². The van der Waals surface area contributed by atoms with Crippen LogP contribution in [0.2, 0.25) is 10.0 Å². The van der Waals surface area contributed by atoms with Crippen LogP contribution in [0.1, 0.15) is 30.6 Å². The fourth-order valence-corrected chi connectivity index (χ4v) is 3.09. The third-order valence-electron chi connectivity index (χ3n) is 4.18. The second-order valence-corrected chi connectivity index (χ2v) is 8.01. The second kappa shape index (κ2) is 11.6. The molecule has 2 rings (SSSR count). The highest BCUT2D eigenvalue weighted by Gasteiger charge is 2.24. The molecule has 0 aliphatic heterocycles. The summed E-state index contributed by atoms with van der Waals surface area (Å²) in [4.78, 5) is 37.1. The molecule has 166 valence electrons. The van der Waals surface area contributed by atoms with Gasteiger partial charge in [0.1, 0.15) is 11.8 Å². The monoisotopic (exact) mass is 466 g/mol. The van der Waals surface area contributed by atoms with E-state index in [1.165, 1.54) is 13.2 Å². The molecule has 0 fully saturated rings. The van der Waals surface area contributed by atoms with E-state index in [0.29, 0.717) is 33.5 Å². The van der Waals surface area contributed by atoms with Gasteiger partial charge in [-0.05, 0) is 54.8 Å². The molecule has 0 radical (unpaired) electrons. The zero-order valence-corrected chi connectivity index (χ0v) is 18.9. The maximum absolute atomic E-state index is 12.5. The number of methoxy groups -OCH3 is 1. The van der Waals surface area contributed by atoms with Crippen LogP contribution in [0.5, 0.6) is 5.75 Å². The van der Waals surface area contributed by atoms with Crippen molar-refractivity contribution in [3.63, 3.8) is 0 Å². The molecule has 9 heteroatoms. The third-order valence-corrected chi connectivity index (χ3v) is 4.73. The topological polar surface area (TPSA) is 93.7 Å². The van der Waals surface area contributed by atoms with Crippen molar-refractivity contribution in [1.29, 1.82) is 0 Å². The van der Waals surface area contributed by atoms with E-state index in [1.807, 2.05) is 13.8 Å². The lowest BCUT2D eigenvalue weighted by atomic mass is 10.0. The summed E-state index contributed by atoms with van der Waals surface area (Å²) >= 11 is 11.9. The Morgan fingerprint density at radius 1 is 1.03 bits per heavy atom. The quantitative estimate of drug-likeness (QED) is 0.536. The van der Waals surface area contributed by atoms with E-state index in [0.717, 1.165) is 0 Å². The molecular formula is C22H24Cl2N2O5. The van der Waals surface area contributed by atoms with Crippen molar-refractivity contribution in [3.8, 4) is 5.75 Å². The minimum Gasteiger partial charge on any atom is -0.495 e. The summed E-state index contributed by atoms with van der Waals surface area (Å²) in [6.07, 6.45) is 0.355. The number of carbonyl (C=O) groups excluding carboxylic acids is 3. The molecule has 0 aromatic heterocycles. The maximum atomic E-state index is 12.5. The largest absolute Gasteiger partial charge is 0.495 e. The van der Waals surface area contributed by atoms with Crippen LogP contribution in [0.4, 0.5) is 5.69 Å². The van der Waals surface area contributed by atoms with Gasteiger partial charge in [-0.15, -0.1) is 0 Å². The molecule has 0 heterocycles. The Kier molecular flexibility index (Phi) is 9.15. The average Bonchev–Trinajstić information content (AvgIpc) is 2.71. The number of benzene rings is 2. The summed E-state index contributed by atoms with van der Waals surface area (Å²) in [5.41, 5.74) is 0.793. The number of hydrogen-bond donors (Lipinski definition) is 2. The van der Waals surface area contributed by atoms with E-state index in [-0.39, 0.29) is 5.92 Å². The number of anilines is 1. The number of ether oxygens (including phenoxy) is 2. The number of carbonyl (C=O) groups is 3. The van der Waals surface area contributed by atoms with Gasteiger partial charge in [0.2, 0.25) is 0 Å². The van der Waals surface area contributed by atoms with Crippen molar-refractivity contribution in [2.45, 2.75) is 26.3 Å². The van der Waals surface area contributed by atoms with Crippen LogP contribution in [0, 0.1) is 5.92 Å². The molecule has 0 aliphatic carbocycles. The molecule has 0 bridgehead atoms. The lowest BCUT2D eigenvalue weighted by Crippen LogP contribution is -2.43. The van der Waals surface area contributed by atoms with Gasteiger partial charge in [0.25, 0.3) is 11.8 Å². The first kappa shape index (κ1) is 24.5. The molecule has 31 heavy (non-hydrogen) atoms. The van der Waals surface area contributed by atoms with Crippen LogP contribution in [-0.4, -0.2) is 37.5 Å². The van der Waals surface area contributed by atoms with Crippen LogP contribution >= 0.6 is 23.2 Å². The van der Waals surface area contributed by atoms with Crippen molar-refractivity contribution < 1.29 is 23.9 Å². The molecule has 0 saturated carbocycles. The number of hydrogen-bond acceptors (Lipinski definition) is 5. The molecule has 1 atom stereocenters. The summed E-state index contributed by atoms with van der Waals surface area (Å²) < 4.78 is 10.2. The van der Waals surface area contributed by atoms with E-state index in [2.05, 4.69) is 10.6 Å². The van der Waals surface area contributed by atoms with E-state index in [9.17, 15) is 14.4 Å². The highest BCUT2D eigenvalue weighted by atomic mass is 35.5. The number of halogens is 2. The highest BCUT2D eigenvalue weighted by molar-refractivity contribution is 6.32. The molecule has 1 unspecified atom stereocenters. The normalized spacial score (nSPS) is 11.5. The van der Waals surface area contributed by atoms with Crippen molar-refractivity contribution in [2.75, 3.05) is 19.0 Å². The molecule has 2 aromatic carbocycles. The molecule has 0 spiro atoms. The van der Waals surface area contributed by atoms with Crippen LogP contribution in [0.3, 0.4) is 0 Å². The molecule has 2 amide bonds. The fourth-order valence-electron chi connectivity index (χ4n) is 2.71. The lowest BCUT2D eigenvalue weighted by Gasteiger charge is -2.19. The van der Waals surface area contributed by atoms with Gasteiger partial charge < -0.3 is 20.1 Å². The van der Waals surface area contributed by atoms with Crippen molar-refractivity contribution in [3.05, 3.63) is 58.1 Å². The maximum Gasteiger partial charge on any atom is 0.329 e. The first-order chi connectivity index (χ1) is 14.7. The van der Waals surface area contributed by atoms with E-state index in [4.69, 9.17) is 32.7 Å². The lowest BCUT2D eigenvalue weighted by molar-refractivity contribution is -0.149. The number of nitrogens with one attached hydrogen (secondary N) is 2. The Morgan fingerprint density at radius 3 is 2.29 bits per heavy atom. The van der Waals surface area contributed by atoms with Crippen molar-refractivity contribution in [2.24, 2.45) is 5.92 Å².